The SMILES string of the molecule is CCCCCCC1CC(C)(C(=O)Cc2nnc(N)s2)OC1=O. The van der Waals surface area contributed by atoms with Crippen LogP contribution in [0, 0.1) is 5.92 Å². The zero-order valence-corrected chi connectivity index (χ0v) is 13.9. The number of nitrogens with two attached hydrogens (primary N) is 1. The largest absolute Gasteiger partial charge is 0.451 e. The van der Waals surface area contributed by atoms with Crippen LogP contribution < -0.4 is 5.73 Å². The van der Waals surface area contributed by atoms with E-state index in [-0.39, 0.29) is 24.1 Å². The molecule has 0 radical (unpaired) electrons. The number of hydrogen-bond donors (Lipinski definition) is 1. The second-order valence-corrected chi connectivity index (χ2v) is 7.13. The van der Waals surface area contributed by atoms with E-state index in [4.69, 9.17) is 10.5 Å². The third-order valence-corrected chi connectivity index (χ3v) is 4.84. The Morgan fingerprint density at radius 2 is 2.18 bits per heavy atom. The molecule has 122 valence electrons. The number of unbranched alkanes of at least 4 members (excludes halogenated alkanes) is 3. The second kappa shape index (κ2) is 7.17. The van der Waals surface area contributed by atoms with E-state index < -0.39 is 5.60 Å². The quantitative estimate of drug-likeness (QED) is 0.583. The van der Waals surface area contributed by atoms with E-state index in [0.29, 0.717) is 16.6 Å². The van der Waals surface area contributed by atoms with Gasteiger partial charge in [0.05, 0.1) is 12.3 Å². The maximum Gasteiger partial charge on any atom is 0.310 e. The predicted octanol–water partition coefficient (Wildman–Crippen LogP) is 2.52. The first-order valence-corrected chi connectivity index (χ1v) is 8.60. The average molecular weight is 325 g/mol. The van der Waals surface area contributed by atoms with Crippen molar-refractivity contribution in [1.82, 2.24) is 10.2 Å². The fourth-order valence-corrected chi connectivity index (χ4v) is 3.38. The van der Waals surface area contributed by atoms with Crippen LogP contribution in [0.4, 0.5) is 5.13 Å². The molecule has 1 aromatic heterocycles. The number of ether oxygens (including phenoxy) is 1. The van der Waals surface area contributed by atoms with Gasteiger partial charge in [-0.3, -0.25) is 9.59 Å². The van der Waals surface area contributed by atoms with Gasteiger partial charge in [0, 0.05) is 6.42 Å². The van der Waals surface area contributed by atoms with E-state index >= 15 is 0 Å². The van der Waals surface area contributed by atoms with Crippen molar-refractivity contribution in [3.63, 3.8) is 0 Å². The Kier molecular flexibility index (Phi) is 5.50. The summed E-state index contributed by atoms with van der Waals surface area (Å²) in [7, 11) is 0. The number of esters is 1. The topological polar surface area (TPSA) is 95.2 Å². The number of hydrogen-bond acceptors (Lipinski definition) is 7. The molecule has 1 aromatic rings. The van der Waals surface area contributed by atoms with Gasteiger partial charge in [-0.1, -0.05) is 43.9 Å². The molecule has 22 heavy (non-hydrogen) atoms. The molecule has 1 saturated heterocycles. The van der Waals surface area contributed by atoms with E-state index in [1.807, 2.05) is 0 Å². The number of Topliss-reactive ketones (excluding diaryl/α,β-unsaturated/α-hetero) is 1. The van der Waals surface area contributed by atoms with E-state index in [0.717, 1.165) is 25.7 Å². The third kappa shape index (κ3) is 4.03. The molecule has 2 unspecified atom stereocenters. The van der Waals surface area contributed by atoms with E-state index in [1.54, 1.807) is 6.92 Å². The van der Waals surface area contributed by atoms with Crippen molar-refractivity contribution >= 4 is 28.2 Å². The first-order valence-electron chi connectivity index (χ1n) is 7.78. The highest BCUT2D eigenvalue weighted by Crippen LogP contribution is 2.35. The van der Waals surface area contributed by atoms with Crippen LogP contribution >= 0.6 is 11.3 Å². The molecule has 1 fully saturated rings. The van der Waals surface area contributed by atoms with Crippen molar-refractivity contribution in [2.45, 2.75) is 64.4 Å². The molecule has 2 rings (SSSR count). The van der Waals surface area contributed by atoms with E-state index in [9.17, 15) is 9.59 Å². The maximum atomic E-state index is 12.4. The molecule has 7 heteroatoms. The standard InChI is InChI=1S/C15H23N3O3S/c1-3-4-5-6-7-10-9-15(2,21-13(10)20)11(19)8-12-17-18-14(16)22-12/h10H,3-9H2,1-2H3,(H2,16,18). The van der Waals surface area contributed by atoms with Gasteiger partial charge in [0.15, 0.2) is 11.4 Å². The van der Waals surface area contributed by atoms with Gasteiger partial charge >= 0.3 is 5.97 Å². The van der Waals surface area contributed by atoms with Gasteiger partial charge in [-0.2, -0.15) is 0 Å². The summed E-state index contributed by atoms with van der Waals surface area (Å²) in [5.41, 5.74) is 4.48. The molecule has 2 N–H and O–H groups in total. The monoisotopic (exact) mass is 325 g/mol. The smallest absolute Gasteiger partial charge is 0.310 e. The summed E-state index contributed by atoms with van der Waals surface area (Å²) < 4.78 is 5.40. The zero-order chi connectivity index (χ0) is 16.2. The summed E-state index contributed by atoms with van der Waals surface area (Å²) in [4.78, 5) is 24.4. The number of anilines is 1. The minimum absolute atomic E-state index is 0.112. The Bertz CT molecular complexity index is 546. The molecule has 0 aliphatic carbocycles. The lowest BCUT2D eigenvalue weighted by molar-refractivity contribution is -0.156. The molecule has 2 atom stereocenters. The highest BCUT2D eigenvalue weighted by Gasteiger charge is 2.47. The van der Waals surface area contributed by atoms with Crippen molar-refractivity contribution in [3.05, 3.63) is 5.01 Å². The number of carbonyl (C=O) groups is 2. The van der Waals surface area contributed by atoms with Gasteiger partial charge < -0.3 is 10.5 Å². The summed E-state index contributed by atoms with van der Waals surface area (Å²) >= 11 is 1.19. The molecule has 1 aliphatic heterocycles. The fourth-order valence-electron chi connectivity index (χ4n) is 2.77. The Morgan fingerprint density at radius 3 is 2.82 bits per heavy atom. The molecular formula is C15H23N3O3S. The highest BCUT2D eigenvalue weighted by atomic mass is 32.1. The van der Waals surface area contributed by atoms with Gasteiger partial charge in [0.1, 0.15) is 5.01 Å². The Labute approximate surface area is 134 Å². The van der Waals surface area contributed by atoms with E-state index in [2.05, 4.69) is 17.1 Å². The lowest BCUT2D eigenvalue weighted by Crippen LogP contribution is -2.36. The third-order valence-electron chi connectivity index (χ3n) is 4.09. The number of nitrogens with zero attached hydrogens (tertiary/aromatic N) is 2. The van der Waals surface area contributed by atoms with Crippen LogP contribution in [0.2, 0.25) is 0 Å². The molecule has 0 aromatic carbocycles. The number of carbonyl (C=O) groups excluding carboxylic acids is 2. The van der Waals surface area contributed by atoms with Crippen LogP contribution in [-0.4, -0.2) is 27.6 Å². The van der Waals surface area contributed by atoms with Crippen molar-refractivity contribution in [2.24, 2.45) is 5.92 Å². The predicted molar refractivity (Wildman–Crippen MR) is 84.4 cm³/mol. The normalized spacial score (nSPS) is 24.5. The van der Waals surface area contributed by atoms with Crippen LogP contribution in [-0.2, 0) is 20.7 Å². The van der Waals surface area contributed by atoms with Crippen molar-refractivity contribution in [3.8, 4) is 0 Å². The summed E-state index contributed by atoms with van der Waals surface area (Å²) in [5, 5.41) is 8.44. The minimum atomic E-state index is -1.03. The number of aromatic nitrogens is 2. The van der Waals surface area contributed by atoms with Crippen LogP contribution in [0.25, 0.3) is 0 Å². The number of rotatable bonds is 8. The minimum Gasteiger partial charge on any atom is -0.451 e. The molecule has 0 amide bonds. The van der Waals surface area contributed by atoms with Crippen molar-refractivity contribution in [2.75, 3.05) is 5.73 Å². The maximum absolute atomic E-state index is 12.4. The van der Waals surface area contributed by atoms with Gasteiger partial charge in [-0.05, 0) is 13.3 Å². The van der Waals surface area contributed by atoms with Crippen LogP contribution in [0.15, 0.2) is 0 Å². The Morgan fingerprint density at radius 1 is 1.41 bits per heavy atom. The van der Waals surface area contributed by atoms with E-state index in [1.165, 1.54) is 17.8 Å². The van der Waals surface area contributed by atoms with Crippen molar-refractivity contribution in [1.29, 1.82) is 0 Å². The van der Waals surface area contributed by atoms with Gasteiger partial charge in [-0.25, -0.2) is 0 Å². The molecule has 2 heterocycles. The van der Waals surface area contributed by atoms with Gasteiger partial charge in [0.2, 0.25) is 5.13 Å². The first-order chi connectivity index (χ1) is 10.4. The highest BCUT2D eigenvalue weighted by molar-refractivity contribution is 7.15. The van der Waals surface area contributed by atoms with Crippen molar-refractivity contribution < 1.29 is 14.3 Å². The zero-order valence-electron chi connectivity index (χ0n) is 13.1. The number of ketones is 1. The molecule has 0 spiro atoms. The lowest BCUT2D eigenvalue weighted by atomic mass is 9.88. The summed E-state index contributed by atoms with van der Waals surface area (Å²) in [6.07, 6.45) is 5.84. The summed E-state index contributed by atoms with van der Waals surface area (Å²) in [6, 6.07) is 0. The average Bonchev–Trinajstić information content (AvgIpc) is 2.99. The number of nitrogen functional groups attached to an aromatic ring is 1. The first kappa shape index (κ1) is 16.9. The van der Waals surface area contributed by atoms with Gasteiger partial charge in [-0.15, -0.1) is 10.2 Å². The fraction of sp³-hybridized carbons (Fsp3) is 0.733. The summed E-state index contributed by atoms with van der Waals surface area (Å²) in [6.45, 7) is 3.85. The summed E-state index contributed by atoms with van der Waals surface area (Å²) in [5.74, 6) is -0.539. The molecule has 0 bridgehead atoms. The molecule has 6 nitrogen and oxygen atoms in total. The van der Waals surface area contributed by atoms with Crippen LogP contribution in [0.3, 0.4) is 0 Å². The van der Waals surface area contributed by atoms with Gasteiger partial charge in [0.25, 0.3) is 0 Å². The molecular weight excluding hydrogens is 302 g/mol. The number of cyclic esters (lactones) is 1. The lowest BCUT2D eigenvalue weighted by Gasteiger charge is -2.20. The second-order valence-electron chi connectivity index (χ2n) is 6.04. The van der Waals surface area contributed by atoms with Crippen LogP contribution in [0.5, 0.6) is 0 Å². The Balaban J connectivity index is 1.90. The molecule has 0 saturated carbocycles. The Hall–Kier alpha value is -1.50. The van der Waals surface area contributed by atoms with Crippen LogP contribution in [0.1, 0.15) is 57.4 Å². The molecule has 1 aliphatic rings.